The standard InChI is InChI=1S/C19H16F3N5O/c1-11-24-5-4-14(27-11)10-26-16-6-13(9-25-17(16)8-23)12-2-3-15(20)18(7-12)28-19(21)22/h2-9,19,23,26H,10H2,1H3. The van der Waals surface area contributed by atoms with E-state index < -0.39 is 18.2 Å². The second kappa shape index (κ2) is 8.47. The maximum absolute atomic E-state index is 13.7. The number of aryl methyl sites for hydroxylation is 1. The van der Waals surface area contributed by atoms with E-state index in [2.05, 4.69) is 25.0 Å². The van der Waals surface area contributed by atoms with Crippen molar-refractivity contribution in [2.24, 2.45) is 0 Å². The summed E-state index contributed by atoms with van der Waals surface area (Å²) in [6.07, 6.45) is 4.21. The summed E-state index contributed by atoms with van der Waals surface area (Å²) in [6.45, 7) is -0.975. The van der Waals surface area contributed by atoms with Gasteiger partial charge in [-0.05, 0) is 36.8 Å². The summed E-state index contributed by atoms with van der Waals surface area (Å²) < 4.78 is 42.7. The molecular formula is C19H16F3N5O. The third-order valence-corrected chi connectivity index (χ3v) is 3.83. The Hall–Kier alpha value is -3.49. The number of hydrogen-bond acceptors (Lipinski definition) is 6. The highest BCUT2D eigenvalue weighted by Crippen LogP contribution is 2.29. The SMILES string of the molecule is Cc1nccc(CNc2cc(-c3ccc(F)c(OC(F)F)c3)cnc2C=N)n1. The van der Waals surface area contributed by atoms with Crippen LogP contribution in [0.1, 0.15) is 17.2 Å². The van der Waals surface area contributed by atoms with Gasteiger partial charge in [-0.1, -0.05) is 6.07 Å². The van der Waals surface area contributed by atoms with E-state index in [1.54, 1.807) is 25.3 Å². The molecule has 0 saturated heterocycles. The minimum atomic E-state index is -3.13. The molecule has 2 aromatic heterocycles. The zero-order valence-corrected chi connectivity index (χ0v) is 14.8. The first kappa shape index (κ1) is 19.3. The molecule has 144 valence electrons. The number of anilines is 1. The van der Waals surface area contributed by atoms with Gasteiger partial charge >= 0.3 is 6.61 Å². The molecule has 3 aromatic rings. The van der Waals surface area contributed by atoms with Crippen LogP contribution in [0.5, 0.6) is 5.75 Å². The van der Waals surface area contributed by atoms with Crippen LogP contribution in [0.25, 0.3) is 11.1 Å². The first-order chi connectivity index (χ1) is 13.5. The highest BCUT2D eigenvalue weighted by molar-refractivity contribution is 5.85. The van der Waals surface area contributed by atoms with Crippen molar-refractivity contribution in [3.63, 3.8) is 0 Å². The van der Waals surface area contributed by atoms with E-state index in [1.165, 1.54) is 18.3 Å². The molecule has 2 heterocycles. The Kier molecular flexibility index (Phi) is 5.83. The maximum Gasteiger partial charge on any atom is 0.387 e. The molecule has 3 rings (SSSR count). The van der Waals surface area contributed by atoms with Crippen LogP contribution in [-0.4, -0.2) is 27.8 Å². The van der Waals surface area contributed by atoms with E-state index in [0.717, 1.165) is 18.0 Å². The van der Waals surface area contributed by atoms with E-state index in [4.69, 9.17) is 5.41 Å². The summed E-state index contributed by atoms with van der Waals surface area (Å²) in [6, 6.07) is 7.12. The first-order valence-electron chi connectivity index (χ1n) is 8.24. The fourth-order valence-electron chi connectivity index (χ4n) is 2.55. The summed E-state index contributed by atoms with van der Waals surface area (Å²) in [7, 11) is 0. The smallest absolute Gasteiger partial charge is 0.387 e. The Bertz CT molecular complexity index is 997. The summed E-state index contributed by atoms with van der Waals surface area (Å²) in [5.74, 6) is -0.795. The van der Waals surface area contributed by atoms with E-state index in [9.17, 15) is 13.2 Å². The minimum Gasteiger partial charge on any atom is -0.432 e. The number of nitrogens with one attached hydrogen (secondary N) is 2. The molecule has 0 aliphatic rings. The Morgan fingerprint density at radius 1 is 1.18 bits per heavy atom. The van der Waals surface area contributed by atoms with E-state index in [1.807, 2.05) is 0 Å². The van der Waals surface area contributed by atoms with Gasteiger partial charge in [0.1, 0.15) is 11.5 Å². The topological polar surface area (TPSA) is 83.8 Å². The number of rotatable bonds is 7. The zero-order chi connectivity index (χ0) is 20.1. The molecule has 9 heteroatoms. The zero-order valence-electron chi connectivity index (χ0n) is 14.8. The third-order valence-electron chi connectivity index (χ3n) is 3.83. The number of aromatic nitrogens is 3. The van der Waals surface area contributed by atoms with Crippen molar-refractivity contribution in [2.45, 2.75) is 20.1 Å². The number of benzene rings is 1. The fraction of sp³-hybridized carbons (Fsp3) is 0.158. The maximum atomic E-state index is 13.7. The molecule has 0 aliphatic heterocycles. The van der Waals surface area contributed by atoms with Gasteiger partial charge in [0, 0.05) is 24.2 Å². The summed E-state index contributed by atoms with van der Waals surface area (Å²) in [4.78, 5) is 12.5. The summed E-state index contributed by atoms with van der Waals surface area (Å²) in [5, 5.41) is 10.7. The van der Waals surface area contributed by atoms with E-state index in [0.29, 0.717) is 34.9 Å². The Labute approximate surface area is 159 Å². The van der Waals surface area contributed by atoms with Gasteiger partial charge in [-0.15, -0.1) is 0 Å². The van der Waals surface area contributed by atoms with Gasteiger partial charge in [0.15, 0.2) is 11.6 Å². The van der Waals surface area contributed by atoms with Gasteiger partial charge in [-0.3, -0.25) is 4.98 Å². The summed E-state index contributed by atoms with van der Waals surface area (Å²) in [5.41, 5.74) is 2.68. The van der Waals surface area contributed by atoms with Crippen LogP contribution in [-0.2, 0) is 6.54 Å². The highest BCUT2D eigenvalue weighted by atomic mass is 19.3. The second-order valence-corrected chi connectivity index (χ2v) is 5.77. The normalized spacial score (nSPS) is 10.8. The number of ether oxygens (including phenoxy) is 1. The van der Waals surface area contributed by atoms with Crippen LogP contribution in [0.2, 0.25) is 0 Å². The molecule has 6 nitrogen and oxygen atoms in total. The number of hydrogen-bond donors (Lipinski definition) is 2. The molecule has 0 fully saturated rings. The largest absolute Gasteiger partial charge is 0.432 e. The molecule has 0 unspecified atom stereocenters. The molecule has 0 bridgehead atoms. The molecule has 0 aliphatic carbocycles. The highest BCUT2D eigenvalue weighted by Gasteiger charge is 2.13. The van der Waals surface area contributed by atoms with Gasteiger partial charge in [-0.25, -0.2) is 14.4 Å². The van der Waals surface area contributed by atoms with Crippen molar-refractivity contribution in [2.75, 3.05) is 5.32 Å². The predicted molar refractivity (Wildman–Crippen MR) is 98.2 cm³/mol. The van der Waals surface area contributed by atoms with Crippen molar-refractivity contribution >= 4 is 11.9 Å². The average Bonchev–Trinajstić information content (AvgIpc) is 2.67. The van der Waals surface area contributed by atoms with Crippen LogP contribution in [0, 0.1) is 18.2 Å². The molecule has 1 aromatic carbocycles. The number of nitrogens with zero attached hydrogens (tertiary/aromatic N) is 3. The van der Waals surface area contributed by atoms with Gasteiger partial charge in [0.25, 0.3) is 0 Å². The lowest BCUT2D eigenvalue weighted by atomic mass is 10.1. The molecule has 28 heavy (non-hydrogen) atoms. The van der Waals surface area contributed by atoms with Crippen LogP contribution in [0.3, 0.4) is 0 Å². The number of halogens is 3. The quantitative estimate of drug-likeness (QED) is 0.594. The Balaban J connectivity index is 1.89. The minimum absolute atomic E-state index is 0.374. The van der Waals surface area contributed by atoms with Gasteiger partial charge in [0.05, 0.1) is 17.9 Å². The van der Waals surface area contributed by atoms with Crippen molar-refractivity contribution in [3.05, 3.63) is 65.8 Å². The fourth-order valence-corrected chi connectivity index (χ4v) is 2.55. The first-order valence-corrected chi connectivity index (χ1v) is 8.24. The average molecular weight is 387 g/mol. The van der Waals surface area contributed by atoms with E-state index >= 15 is 0 Å². The van der Waals surface area contributed by atoms with Gasteiger partial charge in [-0.2, -0.15) is 8.78 Å². The van der Waals surface area contributed by atoms with Crippen LogP contribution in [0.15, 0.2) is 42.7 Å². The summed E-state index contributed by atoms with van der Waals surface area (Å²) >= 11 is 0. The number of pyridine rings is 1. The van der Waals surface area contributed by atoms with Gasteiger partial charge < -0.3 is 15.5 Å². The third kappa shape index (κ3) is 4.61. The molecule has 0 amide bonds. The lowest BCUT2D eigenvalue weighted by molar-refractivity contribution is -0.0521. The Morgan fingerprint density at radius 3 is 2.71 bits per heavy atom. The second-order valence-electron chi connectivity index (χ2n) is 5.77. The lowest BCUT2D eigenvalue weighted by Crippen LogP contribution is -2.06. The van der Waals surface area contributed by atoms with Crippen LogP contribution in [0.4, 0.5) is 18.9 Å². The van der Waals surface area contributed by atoms with Crippen molar-refractivity contribution < 1.29 is 17.9 Å². The van der Waals surface area contributed by atoms with Gasteiger partial charge in [0.2, 0.25) is 0 Å². The predicted octanol–water partition coefficient (Wildman–Crippen LogP) is 4.20. The molecule has 2 N–H and O–H groups in total. The molecule has 0 atom stereocenters. The molecule has 0 radical (unpaired) electrons. The molecular weight excluding hydrogens is 371 g/mol. The molecule has 0 saturated carbocycles. The lowest BCUT2D eigenvalue weighted by Gasteiger charge is -2.12. The molecule has 0 spiro atoms. The number of alkyl halides is 2. The van der Waals surface area contributed by atoms with E-state index in [-0.39, 0.29) is 0 Å². The van der Waals surface area contributed by atoms with Crippen LogP contribution < -0.4 is 10.1 Å². The van der Waals surface area contributed by atoms with Crippen molar-refractivity contribution in [1.82, 2.24) is 15.0 Å². The van der Waals surface area contributed by atoms with Crippen LogP contribution >= 0.6 is 0 Å². The van der Waals surface area contributed by atoms with Crippen molar-refractivity contribution in [1.29, 1.82) is 5.41 Å². The van der Waals surface area contributed by atoms with Crippen molar-refractivity contribution in [3.8, 4) is 16.9 Å². The Morgan fingerprint density at radius 2 is 2.00 bits per heavy atom. The monoisotopic (exact) mass is 387 g/mol.